The van der Waals surface area contributed by atoms with E-state index in [2.05, 4.69) is 22.1 Å². The van der Waals surface area contributed by atoms with E-state index in [0.29, 0.717) is 17.1 Å². The highest BCUT2D eigenvalue weighted by Gasteiger charge is 2.01. The Hall–Kier alpha value is -2.22. The molecule has 5 nitrogen and oxygen atoms in total. The van der Waals surface area contributed by atoms with E-state index in [-0.39, 0.29) is 12.5 Å². The molecular weight excluding hydrogens is 206 g/mol. The van der Waals surface area contributed by atoms with Crippen LogP contribution in [0.1, 0.15) is 12.5 Å². The third-order valence-electron chi connectivity index (χ3n) is 1.71. The van der Waals surface area contributed by atoms with Crippen molar-refractivity contribution in [3.63, 3.8) is 0 Å². The van der Waals surface area contributed by atoms with Gasteiger partial charge < -0.3 is 15.8 Å². The van der Waals surface area contributed by atoms with E-state index in [1.54, 1.807) is 6.07 Å². The van der Waals surface area contributed by atoms with Gasteiger partial charge in [0.15, 0.2) is 0 Å². The van der Waals surface area contributed by atoms with Crippen molar-refractivity contribution >= 4 is 11.6 Å². The zero-order valence-corrected chi connectivity index (χ0v) is 9.20. The van der Waals surface area contributed by atoms with Gasteiger partial charge in [-0.3, -0.25) is 4.79 Å². The van der Waals surface area contributed by atoms with Crippen LogP contribution in [0.25, 0.3) is 0 Å². The van der Waals surface area contributed by atoms with Crippen LogP contribution in [-0.2, 0) is 4.79 Å². The summed E-state index contributed by atoms with van der Waals surface area (Å²) in [6, 6.07) is 1.67. The highest BCUT2D eigenvalue weighted by molar-refractivity contribution is 5.73. The van der Waals surface area contributed by atoms with Gasteiger partial charge in [0, 0.05) is 6.92 Å². The van der Waals surface area contributed by atoms with Gasteiger partial charge >= 0.3 is 0 Å². The molecule has 1 aromatic rings. The molecule has 1 heterocycles. The minimum Gasteiger partial charge on any atom is -0.480 e. The minimum absolute atomic E-state index is 0.119. The molecular formula is C11H13N3O2. The molecule has 0 unspecified atom stereocenters. The van der Waals surface area contributed by atoms with Crippen LogP contribution in [0.15, 0.2) is 12.3 Å². The zero-order chi connectivity index (χ0) is 12.0. The molecule has 0 spiro atoms. The number of nitrogens with two attached hydrogens (primary N) is 1. The third-order valence-corrected chi connectivity index (χ3v) is 1.71. The van der Waals surface area contributed by atoms with Gasteiger partial charge in [-0.25, -0.2) is 4.98 Å². The molecule has 0 radical (unpaired) electrons. The normalized spacial score (nSPS) is 8.88. The number of hydrogen-bond donors (Lipinski definition) is 2. The summed E-state index contributed by atoms with van der Waals surface area (Å²) in [5, 5.41) is 2.56. The molecule has 0 saturated heterocycles. The van der Waals surface area contributed by atoms with Gasteiger partial charge in [-0.05, 0) is 6.07 Å². The highest BCUT2D eigenvalue weighted by atomic mass is 16.5. The van der Waals surface area contributed by atoms with Crippen LogP contribution in [0.3, 0.4) is 0 Å². The van der Waals surface area contributed by atoms with Gasteiger partial charge in [0.2, 0.25) is 11.8 Å². The van der Waals surface area contributed by atoms with Crippen molar-refractivity contribution in [2.45, 2.75) is 6.92 Å². The smallest absolute Gasteiger partial charge is 0.229 e. The summed E-state index contributed by atoms with van der Waals surface area (Å²) in [6.45, 7) is 1.72. The third kappa shape index (κ3) is 3.50. The molecule has 0 aliphatic rings. The maximum Gasteiger partial charge on any atom is 0.229 e. The first-order chi connectivity index (χ1) is 7.63. The summed E-state index contributed by atoms with van der Waals surface area (Å²) in [7, 11) is 1.51. The number of ether oxygens (including phenoxy) is 1. The Morgan fingerprint density at radius 1 is 1.69 bits per heavy atom. The summed E-state index contributed by atoms with van der Waals surface area (Å²) >= 11 is 0. The second-order valence-corrected chi connectivity index (χ2v) is 3.04. The first-order valence-corrected chi connectivity index (χ1v) is 4.66. The number of methoxy groups -OCH3 is 1. The number of pyridine rings is 1. The maximum atomic E-state index is 10.6. The molecule has 3 N–H and O–H groups in total. The van der Waals surface area contributed by atoms with E-state index in [4.69, 9.17) is 10.5 Å². The van der Waals surface area contributed by atoms with E-state index in [1.165, 1.54) is 20.2 Å². The second-order valence-electron chi connectivity index (χ2n) is 3.04. The Labute approximate surface area is 94.0 Å². The SMILES string of the molecule is COc1ncc(N)cc1C#CCNC(C)=O. The molecule has 1 aromatic heterocycles. The number of nitrogen functional groups attached to an aromatic ring is 1. The number of carbonyl (C=O) groups is 1. The molecule has 0 atom stereocenters. The summed E-state index contributed by atoms with van der Waals surface area (Å²) in [4.78, 5) is 14.6. The summed E-state index contributed by atoms with van der Waals surface area (Å²) in [6.07, 6.45) is 1.50. The number of amides is 1. The van der Waals surface area contributed by atoms with Gasteiger partial charge in [-0.15, -0.1) is 0 Å². The average molecular weight is 219 g/mol. The predicted octanol–water partition coefficient (Wildman–Crippen LogP) is 0.160. The Morgan fingerprint density at radius 2 is 2.44 bits per heavy atom. The van der Waals surface area contributed by atoms with Crippen LogP contribution in [-0.4, -0.2) is 24.5 Å². The number of carbonyl (C=O) groups excluding carboxylic acids is 1. The van der Waals surface area contributed by atoms with E-state index in [1.807, 2.05) is 0 Å². The standard InChI is InChI=1S/C11H13N3O2/c1-8(15)13-5-3-4-9-6-10(12)7-14-11(9)16-2/h6-7H,5,12H2,1-2H3,(H,13,15). The topological polar surface area (TPSA) is 77.2 Å². The molecule has 1 amide bonds. The lowest BCUT2D eigenvalue weighted by Gasteiger charge is -2.01. The van der Waals surface area contributed by atoms with Crippen molar-refractivity contribution in [1.29, 1.82) is 0 Å². The van der Waals surface area contributed by atoms with Crippen molar-refractivity contribution < 1.29 is 9.53 Å². The van der Waals surface area contributed by atoms with Gasteiger partial charge in [0.25, 0.3) is 0 Å². The fraction of sp³-hybridized carbons (Fsp3) is 0.273. The highest BCUT2D eigenvalue weighted by Crippen LogP contribution is 2.15. The number of nitrogens with zero attached hydrogens (tertiary/aromatic N) is 1. The molecule has 16 heavy (non-hydrogen) atoms. The lowest BCUT2D eigenvalue weighted by atomic mass is 10.2. The molecule has 0 aliphatic carbocycles. The lowest BCUT2D eigenvalue weighted by molar-refractivity contribution is -0.118. The number of rotatable bonds is 2. The molecule has 0 aliphatic heterocycles. The quantitative estimate of drug-likeness (QED) is 0.695. The lowest BCUT2D eigenvalue weighted by Crippen LogP contribution is -2.19. The van der Waals surface area contributed by atoms with Gasteiger partial charge in [-0.1, -0.05) is 11.8 Å². The molecule has 0 aromatic carbocycles. The maximum absolute atomic E-state index is 10.6. The number of nitrogens with one attached hydrogen (secondary N) is 1. The van der Waals surface area contributed by atoms with Crippen LogP contribution < -0.4 is 15.8 Å². The zero-order valence-electron chi connectivity index (χ0n) is 9.20. The molecule has 1 rings (SSSR count). The molecule has 0 saturated carbocycles. The molecule has 0 fully saturated rings. The largest absolute Gasteiger partial charge is 0.480 e. The van der Waals surface area contributed by atoms with Crippen LogP contribution in [0.4, 0.5) is 5.69 Å². The second kappa shape index (κ2) is 5.61. The summed E-state index contributed by atoms with van der Waals surface area (Å²) in [5.74, 6) is 5.91. The van der Waals surface area contributed by atoms with E-state index in [0.717, 1.165) is 0 Å². The number of hydrogen-bond acceptors (Lipinski definition) is 4. The molecule has 84 valence electrons. The van der Waals surface area contributed by atoms with E-state index in [9.17, 15) is 4.79 Å². The Balaban J connectivity index is 2.78. The van der Waals surface area contributed by atoms with Crippen LogP contribution in [0.2, 0.25) is 0 Å². The predicted molar refractivity (Wildman–Crippen MR) is 60.8 cm³/mol. The van der Waals surface area contributed by atoms with Crippen molar-refractivity contribution in [2.75, 3.05) is 19.4 Å². The Morgan fingerprint density at radius 3 is 3.06 bits per heavy atom. The Kier molecular flexibility index (Phi) is 4.16. The summed E-state index contributed by atoms with van der Waals surface area (Å²) in [5.41, 5.74) is 6.70. The fourth-order valence-corrected chi connectivity index (χ4v) is 1.03. The average Bonchev–Trinajstić information content (AvgIpc) is 2.24. The first-order valence-electron chi connectivity index (χ1n) is 4.66. The van der Waals surface area contributed by atoms with Gasteiger partial charge in [-0.2, -0.15) is 0 Å². The van der Waals surface area contributed by atoms with Gasteiger partial charge in [0.05, 0.1) is 31.1 Å². The van der Waals surface area contributed by atoms with Gasteiger partial charge in [0.1, 0.15) is 0 Å². The molecule has 5 heteroatoms. The van der Waals surface area contributed by atoms with Crippen molar-refractivity contribution in [2.24, 2.45) is 0 Å². The van der Waals surface area contributed by atoms with Crippen LogP contribution >= 0.6 is 0 Å². The van der Waals surface area contributed by atoms with Crippen molar-refractivity contribution in [3.05, 3.63) is 17.8 Å². The van der Waals surface area contributed by atoms with Crippen molar-refractivity contribution in [3.8, 4) is 17.7 Å². The first kappa shape index (κ1) is 11.9. The number of anilines is 1. The van der Waals surface area contributed by atoms with Crippen LogP contribution in [0, 0.1) is 11.8 Å². The minimum atomic E-state index is -0.119. The van der Waals surface area contributed by atoms with Crippen molar-refractivity contribution in [1.82, 2.24) is 10.3 Å². The van der Waals surface area contributed by atoms with E-state index >= 15 is 0 Å². The monoisotopic (exact) mass is 219 g/mol. The number of aromatic nitrogens is 1. The summed E-state index contributed by atoms with van der Waals surface area (Å²) < 4.78 is 5.02. The van der Waals surface area contributed by atoms with Crippen LogP contribution in [0.5, 0.6) is 5.88 Å². The Bertz CT molecular complexity index is 446. The van der Waals surface area contributed by atoms with E-state index < -0.39 is 0 Å². The molecule has 0 bridgehead atoms. The fourth-order valence-electron chi connectivity index (χ4n) is 1.03.